The minimum atomic E-state index is -0.206. The second kappa shape index (κ2) is 3.72. The molecule has 0 saturated heterocycles. The number of aliphatic hydroxyl groups is 1. The van der Waals surface area contributed by atoms with Gasteiger partial charge < -0.3 is 5.11 Å². The maximum absolute atomic E-state index is 9.15. The van der Waals surface area contributed by atoms with Crippen LogP contribution in [0.3, 0.4) is 0 Å². The molecular weight excluding hydrogens is 136 g/mol. The lowest BCUT2D eigenvalue weighted by Crippen LogP contribution is -2.03. The maximum atomic E-state index is 9.15. The van der Waals surface area contributed by atoms with Crippen LogP contribution in [-0.4, -0.2) is 11.2 Å². The van der Waals surface area contributed by atoms with E-state index in [1.54, 1.807) is 0 Å². The minimum absolute atomic E-state index is 0.206. The highest BCUT2D eigenvalue weighted by molar-refractivity contribution is 5.28. The van der Waals surface area contributed by atoms with Crippen molar-refractivity contribution >= 4 is 0 Å². The van der Waals surface area contributed by atoms with Crippen LogP contribution in [0.15, 0.2) is 23.3 Å². The Bertz CT molecular complexity index is 187. The highest BCUT2D eigenvalue weighted by Crippen LogP contribution is 2.21. The van der Waals surface area contributed by atoms with Gasteiger partial charge in [0, 0.05) is 0 Å². The first kappa shape index (κ1) is 8.54. The summed E-state index contributed by atoms with van der Waals surface area (Å²) in [5, 5.41) is 9.15. The quantitative estimate of drug-likeness (QED) is 0.644. The molecule has 0 bridgehead atoms. The van der Waals surface area contributed by atoms with Crippen molar-refractivity contribution in [3.05, 3.63) is 23.3 Å². The monoisotopic (exact) mass is 152 g/mol. The van der Waals surface area contributed by atoms with Crippen LogP contribution in [0.25, 0.3) is 0 Å². The molecule has 1 heteroatoms. The summed E-state index contributed by atoms with van der Waals surface area (Å²) in [6, 6.07) is 0. The summed E-state index contributed by atoms with van der Waals surface area (Å²) < 4.78 is 0. The fraction of sp³-hybridized carbons (Fsp3) is 0.600. The Labute approximate surface area is 68.4 Å². The average Bonchev–Trinajstić information content (AvgIpc) is 1.93. The first-order chi connectivity index (χ1) is 5.20. The topological polar surface area (TPSA) is 20.2 Å². The molecule has 0 aliphatic heterocycles. The molecule has 0 fully saturated rings. The van der Waals surface area contributed by atoms with E-state index in [9.17, 15) is 0 Å². The fourth-order valence-corrected chi connectivity index (χ4v) is 1.39. The Kier molecular flexibility index (Phi) is 2.89. The molecule has 0 aromatic heterocycles. The molecule has 62 valence electrons. The van der Waals surface area contributed by atoms with Gasteiger partial charge in [0.05, 0.1) is 6.10 Å². The Hall–Kier alpha value is -0.560. The number of hydrogen-bond donors (Lipinski definition) is 1. The zero-order chi connectivity index (χ0) is 8.27. The summed E-state index contributed by atoms with van der Waals surface area (Å²) in [6.07, 6.45) is 7.26. The van der Waals surface area contributed by atoms with E-state index in [0.717, 1.165) is 12.8 Å². The van der Waals surface area contributed by atoms with E-state index in [1.165, 1.54) is 17.6 Å². The van der Waals surface area contributed by atoms with E-state index in [1.807, 2.05) is 6.92 Å². The predicted octanol–water partition coefficient (Wildman–Crippen LogP) is 2.42. The third-order valence-electron chi connectivity index (χ3n) is 2.07. The van der Waals surface area contributed by atoms with Crippen LogP contribution in [0.2, 0.25) is 0 Å². The van der Waals surface area contributed by atoms with Gasteiger partial charge in [0.25, 0.3) is 0 Å². The van der Waals surface area contributed by atoms with E-state index in [4.69, 9.17) is 5.11 Å². The highest BCUT2D eigenvalue weighted by Gasteiger charge is 2.05. The molecule has 11 heavy (non-hydrogen) atoms. The molecule has 1 nitrogen and oxygen atoms in total. The zero-order valence-electron chi connectivity index (χ0n) is 7.30. The smallest absolute Gasteiger partial charge is 0.0552 e. The highest BCUT2D eigenvalue weighted by atomic mass is 16.3. The van der Waals surface area contributed by atoms with Crippen molar-refractivity contribution in [2.75, 3.05) is 0 Å². The zero-order valence-corrected chi connectivity index (χ0v) is 7.30. The van der Waals surface area contributed by atoms with Crippen molar-refractivity contribution < 1.29 is 5.11 Å². The summed E-state index contributed by atoms with van der Waals surface area (Å²) in [6.45, 7) is 3.99. The molecule has 1 aliphatic carbocycles. The van der Waals surface area contributed by atoms with Gasteiger partial charge in [-0.1, -0.05) is 17.7 Å². The van der Waals surface area contributed by atoms with Crippen LogP contribution in [0.1, 0.15) is 33.1 Å². The van der Waals surface area contributed by atoms with Crippen LogP contribution in [0.4, 0.5) is 0 Å². The molecule has 1 N–H and O–H groups in total. The third-order valence-corrected chi connectivity index (χ3v) is 2.07. The first-order valence-electron chi connectivity index (χ1n) is 4.23. The van der Waals surface area contributed by atoms with Crippen LogP contribution >= 0.6 is 0 Å². The molecule has 0 heterocycles. The van der Waals surface area contributed by atoms with Gasteiger partial charge in [-0.05, 0) is 38.7 Å². The van der Waals surface area contributed by atoms with Gasteiger partial charge in [-0.25, -0.2) is 0 Å². The van der Waals surface area contributed by atoms with Crippen LogP contribution in [0.5, 0.6) is 0 Å². The average molecular weight is 152 g/mol. The summed E-state index contributed by atoms with van der Waals surface area (Å²) in [7, 11) is 0. The van der Waals surface area contributed by atoms with Gasteiger partial charge in [0.15, 0.2) is 0 Å². The molecule has 0 aromatic carbocycles. The van der Waals surface area contributed by atoms with Gasteiger partial charge >= 0.3 is 0 Å². The largest absolute Gasteiger partial charge is 0.393 e. The Morgan fingerprint density at radius 3 is 2.91 bits per heavy atom. The van der Waals surface area contributed by atoms with Gasteiger partial charge in [0.1, 0.15) is 0 Å². The summed E-state index contributed by atoms with van der Waals surface area (Å²) >= 11 is 0. The van der Waals surface area contributed by atoms with E-state index in [2.05, 4.69) is 19.1 Å². The molecule has 0 radical (unpaired) electrons. The van der Waals surface area contributed by atoms with Crippen molar-refractivity contribution in [2.24, 2.45) is 0 Å². The Balaban J connectivity index is 2.60. The van der Waals surface area contributed by atoms with E-state index < -0.39 is 0 Å². The summed E-state index contributed by atoms with van der Waals surface area (Å²) in [5.74, 6) is 0. The number of aliphatic hydroxyl groups excluding tert-OH is 1. The molecule has 0 aromatic rings. The molecule has 0 spiro atoms. The standard InChI is InChI=1S/C10H16O/c1-8-5-3-4-6-10(8)7-9(2)11/h4,6,9,11H,3,5,7H2,1-2H3. The predicted molar refractivity (Wildman–Crippen MR) is 47.4 cm³/mol. The Morgan fingerprint density at radius 1 is 1.64 bits per heavy atom. The molecule has 1 atom stereocenters. The summed E-state index contributed by atoms with van der Waals surface area (Å²) in [5.41, 5.74) is 2.76. The van der Waals surface area contributed by atoms with Crippen molar-refractivity contribution in [1.29, 1.82) is 0 Å². The minimum Gasteiger partial charge on any atom is -0.393 e. The molecule has 1 aliphatic rings. The van der Waals surface area contributed by atoms with Crippen molar-refractivity contribution in [1.82, 2.24) is 0 Å². The van der Waals surface area contributed by atoms with E-state index in [-0.39, 0.29) is 6.10 Å². The number of rotatable bonds is 2. The van der Waals surface area contributed by atoms with Crippen LogP contribution in [0, 0.1) is 0 Å². The lowest BCUT2D eigenvalue weighted by atomic mass is 9.95. The van der Waals surface area contributed by atoms with Gasteiger partial charge in [-0.3, -0.25) is 0 Å². The van der Waals surface area contributed by atoms with Crippen molar-refractivity contribution in [3.8, 4) is 0 Å². The molecule has 1 rings (SSSR count). The van der Waals surface area contributed by atoms with Crippen molar-refractivity contribution in [2.45, 2.75) is 39.2 Å². The summed E-state index contributed by atoms with van der Waals surface area (Å²) in [4.78, 5) is 0. The van der Waals surface area contributed by atoms with Crippen molar-refractivity contribution in [3.63, 3.8) is 0 Å². The SMILES string of the molecule is CC1=C(CC(C)O)C=CCC1. The van der Waals surface area contributed by atoms with Crippen LogP contribution < -0.4 is 0 Å². The Morgan fingerprint density at radius 2 is 2.36 bits per heavy atom. The fourth-order valence-electron chi connectivity index (χ4n) is 1.39. The third kappa shape index (κ3) is 2.51. The first-order valence-corrected chi connectivity index (χ1v) is 4.23. The van der Waals surface area contributed by atoms with Crippen LogP contribution in [-0.2, 0) is 0 Å². The van der Waals surface area contributed by atoms with Gasteiger partial charge in [-0.15, -0.1) is 0 Å². The molecular formula is C10H16O. The second-order valence-corrected chi connectivity index (χ2v) is 3.30. The lowest BCUT2D eigenvalue weighted by Gasteiger charge is -2.13. The van der Waals surface area contributed by atoms with Gasteiger partial charge in [-0.2, -0.15) is 0 Å². The normalized spacial score (nSPS) is 20.6. The maximum Gasteiger partial charge on any atom is 0.0552 e. The molecule has 0 saturated carbocycles. The van der Waals surface area contributed by atoms with Gasteiger partial charge in [0.2, 0.25) is 0 Å². The number of allylic oxidation sites excluding steroid dienone is 3. The lowest BCUT2D eigenvalue weighted by molar-refractivity contribution is 0.196. The van der Waals surface area contributed by atoms with E-state index in [0.29, 0.717) is 0 Å². The number of hydrogen-bond acceptors (Lipinski definition) is 1. The van der Waals surface area contributed by atoms with E-state index >= 15 is 0 Å². The molecule has 0 amide bonds. The molecule has 1 unspecified atom stereocenters. The second-order valence-electron chi connectivity index (χ2n) is 3.30.